The molecule has 2 rings (SSSR count). The number of aliphatic hydroxyl groups is 1. The van der Waals surface area contributed by atoms with E-state index in [2.05, 4.69) is 0 Å². The van der Waals surface area contributed by atoms with Gasteiger partial charge in [0, 0.05) is 10.4 Å². The number of aldehydes is 1. The third kappa shape index (κ3) is 2.62. The third-order valence-electron chi connectivity index (χ3n) is 2.83. The van der Waals surface area contributed by atoms with Crippen molar-refractivity contribution < 1.29 is 19.4 Å². The fourth-order valence-corrected chi connectivity index (χ4v) is 2.70. The van der Waals surface area contributed by atoms with Crippen LogP contribution in [-0.4, -0.2) is 25.6 Å². The molecule has 0 saturated carbocycles. The third-order valence-corrected chi connectivity index (χ3v) is 3.81. The van der Waals surface area contributed by atoms with E-state index in [1.54, 1.807) is 36.8 Å². The first-order valence-corrected chi connectivity index (χ1v) is 6.51. The Hall–Kier alpha value is -1.85. The molecule has 1 atom stereocenters. The molecule has 0 fully saturated rings. The Bertz CT molecular complexity index is 577. The number of benzene rings is 1. The summed E-state index contributed by atoms with van der Waals surface area (Å²) in [5, 5.41) is 12.1. The molecular formula is C14H14O4S. The smallest absolute Gasteiger partial charge is 0.161 e. The van der Waals surface area contributed by atoms with Gasteiger partial charge in [0.2, 0.25) is 0 Å². The average Bonchev–Trinajstić information content (AvgIpc) is 2.94. The lowest BCUT2D eigenvalue weighted by Crippen LogP contribution is -2.01. The normalized spacial score (nSPS) is 11.9. The van der Waals surface area contributed by atoms with Crippen LogP contribution in [0.5, 0.6) is 11.5 Å². The number of rotatable bonds is 5. The first-order chi connectivity index (χ1) is 9.21. The van der Waals surface area contributed by atoms with Crippen molar-refractivity contribution >= 4 is 17.6 Å². The van der Waals surface area contributed by atoms with Gasteiger partial charge in [0.1, 0.15) is 6.10 Å². The molecule has 0 amide bonds. The minimum atomic E-state index is -0.847. The second-order valence-corrected chi connectivity index (χ2v) is 4.82. The maximum absolute atomic E-state index is 10.9. The van der Waals surface area contributed by atoms with E-state index >= 15 is 0 Å². The second kappa shape index (κ2) is 5.86. The maximum Gasteiger partial charge on any atom is 0.161 e. The van der Waals surface area contributed by atoms with Crippen LogP contribution in [0, 0.1) is 0 Å². The van der Waals surface area contributed by atoms with E-state index in [0.717, 1.165) is 6.29 Å². The molecule has 0 bridgehead atoms. The lowest BCUT2D eigenvalue weighted by molar-refractivity contribution is 0.111. The number of hydrogen-bond acceptors (Lipinski definition) is 5. The number of methoxy groups -OCH3 is 2. The van der Waals surface area contributed by atoms with Crippen LogP contribution in [0.4, 0.5) is 0 Å². The van der Waals surface area contributed by atoms with E-state index in [9.17, 15) is 9.90 Å². The Morgan fingerprint density at radius 3 is 2.58 bits per heavy atom. The molecule has 4 nitrogen and oxygen atoms in total. The van der Waals surface area contributed by atoms with Crippen LogP contribution in [0.3, 0.4) is 0 Å². The molecule has 1 unspecified atom stereocenters. The minimum Gasteiger partial charge on any atom is -0.493 e. The van der Waals surface area contributed by atoms with Gasteiger partial charge in [-0.1, -0.05) is 6.07 Å². The number of carbonyl (C=O) groups is 1. The lowest BCUT2D eigenvalue weighted by Gasteiger charge is -2.13. The summed E-state index contributed by atoms with van der Waals surface area (Å²) in [6.07, 6.45) is -0.101. The molecule has 100 valence electrons. The second-order valence-electron chi connectivity index (χ2n) is 3.88. The number of aliphatic hydroxyl groups excluding tert-OH is 1. The number of ether oxygens (including phenoxy) is 2. The monoisotopic (exact) mass is 278 g/mol. The van der Waals surface area contributed by atoms with Gasteiger partial charge in [-0.3, -0.25) is 4.79 Å². The molecule has 0 radical (unpaired) electrons. The Morgan fingerprint density at radius 2 is 1.95 bits per heavy atom. The van der Waals surface area contributed by atoms with Crippen LogP contribution >= 0.6 is 11.3 Å². The maximum atomic E-state index is 10.9. The van der Waals surface area contributed by atoms with Crippen molar-refractivity contribution in [2.75, 3.05) is 14.2 Å². The van der Waals surface area contributed by atoms with Gasteiger partial charge in [-0.15, -0.1) is 11.3 Å². The van der Waals surface area contributed by atoms with Crippen LogP contribution in [0.25, 0.3) is 0 Å². The zero-order valence-corrected chi connectivity index (χ0v) is 11.4. The van der Waals surface area contributed by atoms with E-state index < -0.39 is 6.10 Å². The molecule has 0 aliphatic heterocycles. The Morgan fingerprint density at radius 1 is 1.21 bits per heavy atom. The van der Waals surface area contributed by atoms with Gasteiger partial charge in [0.25, 0.3) is 0 Å². The van der Waals surface area contributed by atoms with Gasteiger partial charge in [-0.25, -0.2) is 0 Å². The van der Waals surface area contributed by atoms with Gasteiger partial charge in [0.15, 0.2) is 17.8 Å². The molecule has 0 aliphatic rings. The molecule has 0 spiro atoms. The average molecular weight is 278 g/mol. The molecule has 19 heavy (non-hydrogen) atoms. The summed E-state index contributed by atoms with van der Waals surface area (Å²) in [5.41, 5.74) is 1.16. The number of thiophene rings is 1. The zero-order chi connectivity index (χ0) is 13.8. The summed E-state index contributed by atoms with van der Waals surface area (Å²) in [6.45, 7) is 0. The van der Waals surface area contributed by atoms with Crippen LogP contribution in [0.15, 0.2) is 29.6 Å². The molecule has 1 heterocycles. The minimum absolute atomic E-state index is 0.507. The molecule has 0 aliphatic carbocycles. The van der Waals surface area contributed by atoms with Crippen molar-refractivity contribution in [3.63, 3.8) is 0 Å². The molecule has 1 aromatic heterocycles. The molecule has 1 aromatic carbocycles. The summed E-state index contributed by atoms with van der Waals surface area (Å²) in [5.74, 6) is 1.14. The quantitative estimate of drug-likeness (QED) is 0.854. The van der Waals surface area contributed by atoms with Crippen molar-refractivity contribution in [1.82, 2.24) is 0 Å². The van der Waals surface area contributed by atoms with E-state index in [-0.39, 0.29) is 0 Å². The van der Waals surface area contributed by atoms with Crippen LogP contribution in [0.2, 0.25) is 0 Å². The number of carbonyl (C=O) groups excluding carboxylic acids is 1. The van der Waals surface area contributed by atoms with Crippen LogP contribution in [0.1, 0.15) is 26.9 Å². The van der Waals surface area contributed by atoms with Gasteiger partial charge < -0.3 is 14.6 Å². The highest BCUT2D eigenvalue weighted by atomic mass is 32.1. The van der Waals surface area contributed by atoms with E-state index in [1.807, 2.05) is 0 Å². The summed E-state index contributed by atoms with van der Waals surface area (Å²) in [4.78, 5) is 11.5. The first-order valence-electron chi connectivity index (χ1n) is 5.63. The summed E-state index contributed by atoms with van der Waals surface area (Å²) >= 11 is 1.35. The Kier molecular flexibility index (Phi) is 4.19. The Labute approximate surface area is 115 Å². The predicted molar refractivity (Wildman–Crippen MR) is 73.3 cm³/mol. The fourth-order valence-electron chi connectivity index (χ4n) is 1.82. The summed E-state index contributed by atoms with van der Waals surface area (Å²) < 4.78 is 10.3. The van der Waals surface area contributed by atoms with E-state index in [1.165, 1.54) is 18.4 Å². The Balaban J connectivity index is 2.39. The van der Waals surface area contributed by atoms with E-state index in [0.29, 0.717) is 27.5 Å². The predicted octanol–water partition coefficient (Wildman–Crippen LogP) is 2.66. The SMILES string of the molecule is COc1ccc(C(O)c2sccc2C=O)cc1OC. The zero-order valence-electron chi connectivity index (χ0n) is 10.6. The first kappa shape index (κ1) is 13.6. The summed E-state index contributed by atoms with van der Waals surface area (Å²) in [6, 6.07) is 6.88. The lowest BCUT2D eigenvalue weighted by atomic mass is 10.1. The number of hydrogen-bond donors (Lipinski definition) is 1. The van der Waals surface area contributed by atoms with Crippen molar-refractivity contribution in [2.24, 2.45) is 0 Å². The highest BCUT2D eigenvalue weighted by molar-refractivity contribution is 7.10. The summed E-state index contributed by atoms with van der Waals surface area (Å²) in [7, 11) is 3.09. The molecular weight excluding hydrogens is 264 g/mol. The molecule has 2 aromatic rings. The van der Waals surface area contributed by atoms with Gasteiger partial charge in [-0.05, 0) is 29.1 Å². The van der Waals surface area contributed by atoms with Crippen LogP contribution < -0.4 is 9.47 Å². The molecule has 5 heteroatoms. The highest BCUT2D eigenvalue weighted by Crippen LogP contribution is 2.34. The van der Waals surface area contributed by atoms with Gasteiger partial charge in [0.05, 0.1) is 14.2 Å². The fraction of sp³-hybridized carbons (Fsp3) is 0.214. The van der Waals surface area contributed by atoms with Crippen molar-refractivity contribution in [3.05, 3.63) is 45.6 Å². The van der Waals surface area contributed by atoms with Crippen molar-refractivity contribution in [1.29, 1.82) is 0 Å². The molecule has 0 saturated heterocycles. The topological polar surface area (TPSA) is 55.8 Å². The highest BCUT2D eigenvalue weighted by Gasteiger charge is 2.17. The van der Waals surface area contributed by atoms with Gasteiger partial charge >= 0.3 is 0 Å². The van der Waals surface area contributed by atoms with Crippen LogP contribution in [-0.2, 0) is 0 Å². The van der Waals surface area contributed by atoms with Crippen molar-refractivity contribution in [2.45, 2.75) is 6.10 Å². The molecule has 1 N–H and O–H groups in total. The largest absolute Gasteiger partial charge is 0.493 e. The van der Waals surface area contributed by atoms with Gasteiger partial charge in [-0.2, -0.15) is 0 Å². The standard InChI is InChI=1S/C14H14O4S/c1-17-11-4-3-9(7-12(11)18-2)13(16)14-10(8-15)5-6-19-14/h3-8,13,16H,1-2H3. The van der Waals surface area contributed by atoms with E-state index in [4.69, 9.17) is 9.47 Å². The van der Waals surface area contributed by atoms with Crippen molar-refractivity contribution in [3.8, 4) is 11.5 Å².